The normalized spacial score (nSPS) is 24.9. The van der Waals surface area contributed by atoms with E-state index >= 15 is 0 Å². The standard InChI is InChI=1S/C6H11NO4/c1-6(4(7)5(8)9)10-2-3-11-6/h4H,2-3,7H2,1H3,(H,8,9)/t4-/m1/s1. The van der Waals surface area contributed by atoms with Gasteiger partial charge in [-0.2, -0.15) is 0 Å². The predicted octanol–water partition coefficient (Wildman–Crippen LogP) is -0.839. The van der Waals surface area contributed by atoms with Crippen LogP contribution in [-0.4, -0.2) is 36.1 Å². The molecule has 0 saturated carbocycles. The van der Waals surface area contributed by atoms with E-state index in [1.165, 1.54) is 6.92 Å². The first-order chi connectivity index (χ1) is 5.06. The van der Waals surface area contributed by atoms with Crippen molar-refractivity contribution in [2.75, 3.05) is 13.2 Å². The second-order valence-corrected chi connectivity index (χ2v) is 2.53. The van der Waals surface area contributed by atoms with Gasteiger partial charge in [0.2, 0.25) is 0 Å². The summed E-state index contributed by atoms with van der Waals surface area (Å²) in [5.74, 6) is -2.26. The van der Waals surface area contributed by atoms with Gasteiger partial charge in [-0.25, -0.2) is 0 Å². The molecule has 0 spiro atoms. The van der Waals surface area contributed by atoms with Crippen LogP contribution in [0.4, 0.5) is 0 Å². The highest BCUT2D eigenvalue weighted by molar-refractivity contribution is 5.74. The summed E-state index contributed by atoms with van der Waals surface area (Å²) in [5, 5.41) is 8.52. The minimum atomic E-state index is -1.15. The van der Waals surface area contributed by atoms with E-state index in [4.69, 9.17) is 20.3 Å². The Bertz CT molecular complexity index is 164. The van der Waals surface area contributed by atoms with E-state index in [2.05, 4.69) is 0 Å². The van der Waals surface area contributed by atoms with Gasteiger partial charge in [0.15, 0.2) is 11.8 Å². The molecule has 1 saturated heterocycles. The Hall–Kier alpha value is -0.650. The maximum atomic E-state index is 10.4. The van der Waals surface area contributed by atoms with Gasteiger partial charge >= 0.3 is 5.97 Å². The van der Waals surface area contributed by atoms with Crippen LogP contribution >= 0.6 is 0 Å². The molecule has 0 aromatic rings. The molecule has 0 amide bonds. The monoisotopic (exact) mass is 161 g/mol. The number of hydrogen-bond acceptors (Lipinski definition) is 4. The van der Waals surface area contributed by atoms with Crippen molar-refractivity contribution in [2.24, 2.45) is 5.73 Å². The SMILES string of the molecule is CC1([C@H](N)C(=O)O)OCCO1. The minimum Gasteiger partial charge on any atom is -0.480 e. The van der Waals surface area contributed by atoms with Crippen molar-refractivity contribution < 1.29 is 19.4 Å². The van der Waals surface area contributed by atoms with Crippen molar-refractivity contribution >= 4 is 5.97 Å². The Labute approximate surface area is 64.1 Å². The fourth-order valence-electron chi connectivity index (χ4n) is 0.934. The maximum Gasteiger partial charge on any atom is 0.326 e. The molecule has 1 fully saturated rings. The molecule has 0 bridgehead atoms. The third-order valence-corrected chi connectivity index (χ3v) is 1.69. The lowest BCUT2D eigenvalue weighted by Gasteiger charge is -2.25. The first-order valence-electron chi connectivity index (χ1n) is 3.32. The molecule has 1 aliphatic heterocycles. The van der Waals surface area contributed by atoms with Gasteiger partial charge in [-0.3, -0.25) is 4.79 Å². The van der Waals surface area contributed by atoms with E-state index in [1.807, 2.05) is 0 Å². The highest BCUT2D eigenvalue weighted by Crippen LogP contribution is 2.21. The van der Waals surface area contributed by atoms with Crippen LogP contribution in [0.15, 0.2) is 0 Å². The van der Waals surface area contributed by atoms with Gasteiger partial charge < -0.3 is 20.3 Å². The zero-order chi connectivity index (χ0) is 8.48. The quantitative estimate of drug-likeness (QED) is 0.552. The number of carboxylic acid groups (broad SMARTS) is 1. The highest BCUT2D eigenvalue weighted by Gasteiger charge is 2.41. The number of rotatable bonds is 2. The molecule has 1 heterocycles. The Morgan fingerprint density at radius 3 is 2.45 bits per heavy atom. The largest absolute Gasteiger partial charge is 0.480 e. The topological polar surface area (TPSA) is 81.8 Å². The lowest BCUT2D eigenvalue weighted by molar-refractivity contribution is -0.178. The van der Waals surface area contributed by atoms with Crippen LogP contribution in [0.3, 0.4) is 0 Å². The van der Waals surface area contributed by atoms with E-state index in [0.717, 1.165) is 0 Å². The summed E-state index contributed by atoms with van der Waals surface area (Å²) in [4.78, 5) is 10.4. The van der Waals surface area contributed by atoms with Crippen molar-refractivity contribution in [3.05, 3.63) is 0 Å². The molecule has 0 unspecified atom stereocenters. The first kappa shape index (κ1) is 8.45. The fourth-order valence-corrected chi connectivity index (χ4v) is 0.934. The third kappa shape index (κ3) is 1.50. The van der Waals surface area contributed by atoms with Crippen LogP contribution < -0.4 is 5.73 Å². The number of carboxylic acids is 1. The third-order valence-electron chi connectivity index (χ3n) is 1.69. The van der Waals surface area contributed by atoms with Crippen LogP contribution in [0.25, 0.3) is 0 Å². The molecule has 1 aliphatic rings. The predicted molar refractivity (Wildman–Crippen MR) is 35.9 cm³/mol. The number of carbonyl (C=O) groups is 1. The Morgan fingerprint density at radius 2 is 2.09 bits per heavy atom. The molecule has 3 N–H and O–H groups in total. The van der Waals surface area contributed by atoms with Gasteiger partial charge in [-0.15, -0.1) is 0 Å². The molecular weight excluding hydrogens is 150 g/mol. The van der Waals surface area contributed by atoms with E-state index < -0.39 is 17.8 Å². The van der Waals surface area contributed by atoms with Gasteiger partial charge in [-0.05, 0) is 6.92 Å². The summed E-state index contributed by atoms with van der Waals surface area (Å²) in [6, 6.07) is -1.12. The molecule has 0 radical (unpaired) electrons. The second kappa shape index (κ2) is 2.77. The van der Waals surface area contributed by atoms with Crippen molar-refractivity contribution in [1.29, 1.82) is 0 Å². The van der Waals surface area contributed by atoms with E-state index in [1.54, 1.807) is 0 Å². The number of hydrogen-bond donors (Lipinski definition) is 2. The maximum absolute atomic E-state index is 10.4. The van der Waals surface area contributed by atoms with E-state index in [0.29, 0.717) is 13.2 Å². The molecule has 64 valence electrons. The lowest BCUT2D eigenvalue weighted by atomic mass is 10.1. The number of aliphatic carboxylic acids is 1. The van der Waals surface area contributed by atoms with Gasteiger partial charge in [0.1, 0.15) is 0 Å². The summed E-state index contributed by atoms with van der Waals surface area (Å²) in [5.41, 5.74) is 5.31. The Morgan fingerprint density at radius 1 is 1.64 bits per heavy atom. The van der Waals surface area contributed by atoms with Gasteiger partial charge in [0, 0.05) is 0 Å². The summed E-state index contributed by atoms with van der Waals surface area (Å²) >= 11 is 0. The average molecular weight is 161 g/mol. The Balaban J connectivity index is 2.63. The number of nitrogens with two attached hydrogens (primary N) is 1. The molecule has 0 aromatic heterocycles. The molecule has 0 aromatic carbocycles. The summed E-state index contributed by atoms with van der Waals surface area (Å²) in [6.45, 7) is 2.33. The molecule has 5 nitrogen and oxygen atoms in total. The minimum absolute atomic E-state index is 0.400. The van der Waals surface area contributed by atoms with E-state index in [9.17, 15) is 4.79 Å². The van der Waals surface area contributed by atoms with Gasteiger partial charge in [-0.1, -0.05) is 0 Å². The van der Waals surface area contributed by atoms with Crippen molar-refractivity contribution in [3.63, 3.8) is 0 Å². The van der Waals surface area contributed by atoms with Crippen LogP contribution in [0.2, 0.25) is 0 Å². The molecule has 5 heteroatoms. The van der Waals surface area contributed by atoms with Gasteiger partial charge in [0.25, 0.3) is 0 Å². The van der Waals surface area contributed by atoms with Gasteiger partial charge in [0.05, 0.1) is 13.2 Å². The summed E-state index contributed by atoms with van der Waals surface area (Å²) in [7, 11) is 0. The molecule has 11 heavy (non-hydrogen) atoms. The van der Waals surface area contributed by atoms with Crippen LogP contribution in [-0.2, 0) is 14.3 Å². The van der Waals surface area contributed by atoms with Crippen molar-refractivity contribution in [2.45, 2.75) is 18.8 Å². The number of ether oxygens (including phenoxy) is 2. The van der Waals surface area contributed by atoms with Crippen LogP contribution in [0.5, 0.6) is 0 Å². The molecule has 1 atom stereocenters. The first-order valence-corrected chi connectivity index (χ1v) is 3.32. The summed E-state index contributed by atoms with van der Waals surface area (Å²) in [6.07, 6.45) is 0. The average Bonchev–Trinajstić information content (AvgIpc) is 2.35. The molecule has 0 aliphatic carbocycles. The smallest absolute Gasteiger partial charge is 0.326 e. The van der Waals surface area contributed by atoms with Crippen molar-refractivity contribution in [3.8, 4) is 0 Å². The lowest BCUT2D eigenvalue weighted by Crippen LogP contribution is -2.51. The Kier molecular flexibility index (Phi) is 2.12. The molecular formula is C6H11NO4. The highest BCUT2D eigenvalue weighted by atomic mass is 16.7. The summed E-state index contributed by atoms with van der Waals surface area (Å²) < 4.78 is 10.1. The zero-order valence-corrected chi connectivity index (χ0v) is 6.24. The fraction of sp³-hybridized carbons (Fsp3) is 0.833. The molecule has 1 rings (SSSR count). The van der Waals surface area contributed by atoms with Crippen LogP contribution in [0, 0.1) is 0 Å². The van der Waals surface area contributed by atoms with E-state index in [-0.39, 0.29) is 0 Å². The second-order valence-electron chi connectivity index (χ2n) is 2.53. The van der Waals surface area contributed by atoms with Crippen molar-refractivity contribution in [1.82, 2.24) is 0 Å². The zero-order valence-electron chi connectivity index (χ0n) is 6.24. The van der Waals surface area contributed by atoms with Crippen LogP contribution in [0.1, 0.15) is 6.92 Å².